The number of morpholine rings is 1. The Labute approximate surface area is 176 Å². The van der Waals surface area contributed by atoms with E-state index in [9.17, 15) is 9.18 Å². The molecule has 1 amide bonds. The van der Waals surface area contributed by atoms with Crippen LogP contribution in [0.25, 0.3) is 0 Å². The molecule has 1 N–H and O–H groups in total. The molecule has 1 aliphatic carbocycles. The first-order valence-electron chi connectivity index (χ1n) is 10.5. The molecular formula is C23H29FN4O2. The average Bonchev–Trinajstić information content (AvgIpc) is 2.66. The highest BCUT2D eigenvalue weighted by Crippen LogP contribution is 2.40. The number of hydrogen-bond donors (Lipinski definition) is 1. The van der Waals surface area contributed by atoms with E-state index in [0.717, 1.165) is 37.2 Å². The van der Waals surface area contributed by atoms with Crippen LogP contribution in [0.2, 0.25) is 0 Å². The maximum atomic E-state index is 14.1. The average molecular weight is 413 g/mol. The number of amides is 1. The smallest absolute Gasteiger partial charge is 0.254 e. The van der Waals surface area contributed by atoms with Crippen molar-refractivity contribution in [1.82, 2.24) is 15.3 Å². The maximum Gasteiger partial charge on any atom is 0.254 e. The summed E-state index contributed by atoms with van der Waals surface area (Å²) in [4.78, 5) is 24.4. The predicted octanol–water partition coefficient (Wildman–Crippen LogP) is 3.67. The third-order valence-electron chi connectivity index (χ3n) is 5.79. The number of fused-ring (bicyclic) bond motifs is 1. The fraction of sp³-hybridized carbons (Fsp3) is 0.522. The zero-order chi connectivity index (χ0) is 21.5. The van der Waals surface area contributed by atoms with E-state index >= 15 is 0 Å². The van der Waals surface area contributed by atoms with Gasteiger partial charge < -0.3 is 15.0 Å². The standard InChI is InChI=1S/C23H29FN4O2/c1-14-12-28(13-15(2)30-14)22-25-11-17-19(9-23(3,4)10-20(17)27-22)26-21(29)16-7-5-6-8-18(16)24/h5-8,11,14-15,19H,9-10,12-13H2,1-4H3,(H,26,29)/t14-,15-,19-/m1/s1. The summed E-state index contributed by atoms with van der Waals surface area (Å²) in [5, 5.41) is 3.01. The van der Waals surface area contributed by atoms with Gasteiger partial charge in [0.15, 0.2) is 0 Å². The summed E-state index contributed by atoms with van der Waals surface area (Å²) in [6.07, 6.45) is 3.62. The first kappa shape index (κ1) is 20.7. The van der Waals surface area contributed by atoms with Gasteiger partial charge in [-0.2, -0.15) is 0 Å². The lowest BCUT2D eigenvalue weighted by Gasteiger charge is -2.38. The first-order chi connectivity index (χ1) is 14.2. The van der Waals surface area contributed by atoms with Gasteiger partial charge in [0.05, 0.1) is 29.5 Å². The Bertz CT molecular complexity index is 939. The molecule has 30 heavy (non-hydrogen) atoms. The van der Waals surface area contributed by atoms with Gasteiger partial charge >= 0.3 is 0 Å². The van der Waals surface area contributed by atoms with Crippen molar-refractivity contribution < 1.29 is 13.9 Å². The van der Waals surface area contributed by atoms with Crippen LogP contribution in [0.3, 0.4) is 0 Å². The van der Waals surface area contributed by atoms with Crippen LogP contribution in [0.1, 0.15) is 61.8 Å². The molecule has 1 aromatic heterocycles. The second-order valence-electron chi connectivity index (χ2n) is 9.29. The van der Waals surface area contributed by atoms with Gasteiger partial charge in [0.1, 0.15) is 5.82 Å². The number of hydrogen-bond acceptors (Lipinski definition) is 5. The van der Waals surface area contributed by atoms with Crippen molar-refractivity contribution in [1.29, 1.82) is 0 Å². The van der Waals surface area contributed by atoms with Crippen molar-refractivity contribution in [2.75, 3.05) is 18.0 Å². The third-order valence-corrected chi connectivity index (χ3v) is 5.79. The lowest BCUT2D eigenvalue weighted by molar-refractivity contribution is -0.00575. The van der Waals surface area contributed by atoms with E-state index in [1.54, 1.807) is 12.1 Å². The molecule has 2 aromatic rings. The van der Waals surface area contributed by atoms with E-state index in [1.807, 2.05) is 6.20 Å². The molecule has 7 heteroatoms. The fourth-order valence-electron chi connectivity index (χ4n) is 4.54. The second-order valence-corrected chi connectivity index (χ2v) is 9.29. The summed E-state index contributed by atoms with van der Waals surface area (Å²) in [6, 6.07) is 5.78. The number of nitrogens with one attached hydrogen (secondary N) is 1. The van der Waals surface area contributed by atoms with Gasteiger partial charge in [-0.3, -0.25) is 4.79 Å². The summed E-state index contributed by atoms with van der Waals surface area (Å²) in [5.41, 5.74) is 1.87. The van der Waals surface area contributed by atoms with Crippen molar-refractivity contribution in [3.05, 3.63) is 53.1 Å². The number of aromatic nitrogens is 2. The molecule has 0 spiro atoms. The summed E-state index contributed by atoms with van der Waals surface area (Å²) in [5.74, 6) is -0.235. The monoisotopic (exact) mass is 412 g/mol. The molecule has 4 rings (SSSR count). The Kier molecular flexibility index (Phi) is 5.49. The number of carbonyl (C=O) groups excluding carboxylic acids is 1. The van der Waals surface area contributed by atoms with E-state index < -0.39 is 11.7 Å². The first-order valence-corrected chi connectivity index (χ1v) is 10.5. The molecule has 0 saturated carbocycles. The SMILES string of the molecule is C[C@@H]1CN(c2ncc3c(n2)CC(C)(C)C[C@H]3NC(=O)c2ccccc2F)C[C@@H](C)O1. The van der Waals surface area contributed by atoms with Crippen LogP contribution in [0.15, 0.2) is 30.5 Å². The largest absolute Gasteiger partial charge is 0.372 e. The second kappa shape index (κ2) is 7.95. The molecule has 2 heterocycles. The number of anilines is 1. The molecule has 1 aromatic carbocycles. The van der Waals surface area contributed by atoms with Crippen LogP contribution in [-0.2, 0) is 11.2 Å². The highest BCUT2D eigenvalue weighted by atomic mass is 19.1. The van der Waals surface area contributed by atoms with E-state index in [-0.39, 0.29) is 29.2 Å². The molecule has 0 radical (unpaired) electrons. The van der Waals surface area contributed by atoms with E-state index in [2.05, 4.69) is 42.9 Å². The molecule has 1 saturated heterocycles. The number of nitrogens with zero attached hydrogens (tertiary/aromatic N) is 3. The van der Waals surface area contributed by atoms with E-state index in [0.29, 0.717) is 5.95 Å². The molecule has 1 aliphatic heterocycles. The van der Waals surface area contributed by atoms with Crippen LogP contribution < -0.4 is 10.2 Å². The quantitative estimate of drug-likeness (QED) is 0.833. The van der Waals surface area contributed by atoms with Gasteiger partial charge in [0.2, 0.25) is 5.95 Å². The number of ether oxygens (including phenoxy) is 1. The Morgan fingerprint density at radius 1 is 1.23 bits per heavy atom. The highest BCUT2D eigenvalue weighted by Gasteiger charge is 2.35. The van der Waals surface area contributed by atoms with Crippen LogP contribution in [0, 0.1) is 11.2 Å². The number of rotatable bonds is 3. The van der Waals surface area contributed by atoms with Gasteiger partial charge in [0, 0.05) is 24.8 Å². The van der Waals surface area contributed by atoms with Crippen molar-refractivity contribution in [3.8, 4) is 0 Å². The van der Waals surface area contributed by atoms with Gasteiger partial charge in [-0.05, 0) is 44.2 Å². The molecule has 160 valence electrons. The molecule has 2 aliphatic rings. The van der Waals surface area contributed by atoms with Crippen molar-refractivity contribution in [2.24, 2.45) is 5.41 Å². The topological polar surface area (TPSA) is 67.4 Å². The Balaban J connectivity index is 1.61. The maximum absolute atomic E-state index is 14.1. The van der Waals surface area contributed by atoms with Gasteiger partial charge in [-0.25, -0.2) is 14.4 Å². The third kappa shape index (κ3) is 4.31. The summed E-state index contributed by atoms with van der Waals surface area (Å²) >= 11 is 0. The van der Waals surface area contributed by atoms with E-state index in [1.165, 1.54) is 12.1 Å². The summed E-state index contributed by atoms with van der Waals surface area (Å²) in [7, 11) is 0. The minimum absolute atomic E-state index is 0.0443. The van der Waals surface area contributed by atoms with Crippen molar-refractivity contribution in [3.63, 3.8) is 0 Å². The van der Waals surface area contributed by atoms with E-state index in [4.69, 9.17) is 9.72 Å². The molecule has 1 fully saturated rings. The number of halogens is 1. The zero-order valence-corrected chi connectivity index (χ0v) is 18.0. The highest BCUT2D eigenvalue weighted by molar-refractivity contribution is 5.94. The predicted molar refractivity (Wildman–Crippen MR) is 113 cm³/mol. The molecular weight excluding hydrogens is 383 g/mol. The molecule has 0 bridgehead atoms. The fourth-order valence-corrected chi connectivity index (χ4v) is 4.54. The number of carbonyl (C=O) groups is 1. The molecule has 6 nitrogen and oxygen atoms in total. The lowest BCUT2D eigenvalue weighted by atomic mass is 9.74. The number of benzene rings is 1. The van der Waals surface area contributed by atoms with Crippen LogP contribution in [0.4, 0.5) is 10.3 Å². The van der Waals surface area contributed by atoms with Crippen LogP contribution >= 0.6 is 0 Å². The van der Waals surface area contributed by atoms with Crippen molar-refractivity contribution in [2.45, 2.75) is 58.8 Å². The van der Waals surface area contributed by atoms with Gasteiger partial charge in [-0.15, -0.1) is 0 Å². The molecule has 0 unspecified atom stereocenters. The Morgan fingerprint density at radius 3 is 2.63 bits per heavy atom. The lowest BCUT2D eigenvalue weighted by Crippen LogP contribution is -2.46. The summed E-state index contributed by atoms with van der Waals surface area (Å²) in [6.45, 7) is 9.94. The van der Waals surface area contributed by atoms with Crippen LogP contribution in [-0.4, -0.2) is 41.2 Å². The molecule has 3 atom stereocenters. The normalized spacial score (nSPS) is 25.5. The van der Waals surface area contributed by atoms with Gasteiger partial charge in [-0.1, -0.05) is 26.0 Å². The van der Waals surface area contributed by atoms with Crippen LogP contribution in [0.5, 0.6) is 0 Å². The summed E-state index contributed by atoms with van der Waals surface area (Å²) < 4.78 is 19.9. The minimum atomic E-state index is -0.521. The Morgan fingerprint density at radius 2 is 1.93 bits per heavy atom. The van der Waals surface area contributed by atoms with Crippen molar-refractivity contribution >= 4 is 11.9 Å². The Hall–Kier alpha value is -2.54. The van der Waals surface area contributed by atoms with Gasteiger partial charge in [0.25, 0.3) is 5.91 Å². The zero-order valence-electron chi connectivity index (χ0n) is 18.0. The minimum Gasteiger partial charge on any atom is -0.372 e.